The quantitative estimate of drug-likeness (QED) is 0.0930. The van der Waals surface area contributed by atoms with Crippen LogP contribution < -0.4 is 24.6 Å². The second kappa shape index (κ2) is 19.3. The molecular weight excluding hydrogens is 863 g/mol. The van der Waals surface area contributed by atoms with Gasteiger partial charge in [-0.1, -0.05) is 35.3 Å². The molecule has 2 aromatic carbocycles. The summed E-state index contributed by atoms with van der Waals surface area (Å²) in [7, 11) is 0. The number of ether oxygens (including phenoxy) is 2. The minimum Gasteiger partial charge on any atom is -0.493 e. The summed E-state index contributed by atoms with van der Waals surface area (Å²) in [6.07, 6.45) is 17.6. The number of carboxylic acids is 1. The van der Waals surface area contributed by atoms with E-state index < -0.39 is 35.3 Å². The number of anilines is 2. The molecule has 12 nitrogen and oxygen atoms in total. The van der Waals surface area contributed by atoms with Crippen LogP contribution in [0.3, 0.4) is 0 Å². The number of carboxylic acid groups (broad SMARTS) is 1. The van der Waals surface area contributed by atoms with Crippen molar-refractivity contribution < 1.29 is 33.0 Å². The number of carbonyl (C=O) groups excluding carboxylic acids is 1. The number of hydrogen-bond acceptors (Lipinski definition) is 10. The topological polar surface area (TPSA) is 143 Å². The molecule has 0 spiro atoms. The fourth-order valence-electron chi connectivity index (χ4n) is 10.4. The van der Waals surface area contributed by atoms with Gasteiger partial charge in [0, 0.05) is 56.0 Å². The van der Waals surface area contributed by atoms with Crippen LogP contribution in [0.4, 0.5) is 20.7 Å². The van der Waals surface area contributed by atoms with Crippen molar-refractivity contribution in [1.29, 1.82) is 0 Å². The summed E-state index contributed by atoms with van der Waals surface area (Å²) in [4.78, 5) is 48.7. The Morgan fingerprint density at radius 1 is 0.766 bits per heavy atom. The van der Waals surface area contributed by atoms with Gasteiger partial charge in [-0.15, -0.1) is 0 Å². The maximum Gasteiger partial charge on any atom is 0.312 e. The van der Waals surface area contributed by atoms with Crippen LogP contribution in [0.1, 0.15) is 93.6 Å². The fraction of sp³-hybridized carbons (Fsp3) is 0.542. The van der Waals surface area contributed by atoms with E-state index in [2.05, 4.69) is 35.1 Å². The second-order valence-corrected chi connectivity index (χ2v) is 19.5. The smallest absolute Gasteiger partial charge is 0.312 e. The Labute approximate surface area is 382 Å². The van der Waals surface area contributed by atoms with Gasteiger partial charge in [0.05, 0.1) is 54.0 Å². The van der Waals surface area contributed by atoms with Crippen LogP contribution in [-0.4, -0.2) is 82.9 Å². The zero-order chi connectivity index (χ0) is 44.4. The average molecular weight is 919 g/mol. The summed E-state index contributed by atoms with van der Waals surface area (Å²) in [5.41, 5.74) is -0.170. The molecule has 2 N–H and O–H groups in total. The molecule has 2 aliphatic heterocycles. The number of benzene rings is 2. The molecular formula is C48H55Cl2F2N7O5. The van der Waals surface area contributed by atoms with Crippen molar-refractivity contribution in [2.75, 3.05) is 55.7 Å². The number of rotatable bonds is 19. The third-order valence-electron chi connectivity index (χ3n) is 14.5. The lowest BCUT2D eigenvalue weighted by Gasteiger charge is -2.36. The van der Waals surface area contributed by atoms with E-state index >= 15 is 8.78 Å². The number of aliphatic carboxylic acids is 1. The molecule has 3 saturated carbocycles. The predicted octanol–water partition coefficient (Wildman–Crippen LogP) is 9.12. The number of amides is 1. The van der Waals surface area contributed by atoms with Gasteiger partial charge >= 0.3 is 5.97 Å². The monoisotopic (exact) mass is 917 g/mol. The molecule has 4 heterocycles. The molecule has 5 fully saturated rings. The predicted molar refractivity (Wildman–Crippen MR) is 239 cm³/mol. The highest BCUT2D eigenvalue weighted by molar-refractivity contribution is 6.30. The van der Waals surface area contributed by atoms with E-state index in [-0.39, 0.29) is 34.0 Å². The van der Waals surface area contributed by atoms with Gasteiger partial charge in [-0.2, -0.15) is 0 Å². The Hall–Kier alpha value is -4.82. The number of carbonyl (C=O) groups is 2. The molecule has 2 unspecified atom stereocenters. The maximum absolute atomic E-state index is 16.1. The minimum absolute atomic E-state index is 0.133. The third-order valence-corrected chi connectivity index (χ3v) is 14.9. The van der Waals surface area contributed by atoms with Crippen molar-refractivity contribution >= 4 is 47.0 Å². The first-order valence-corrected chi connectivity index (χ1v) is 23.6. The molecule has 4 atom stereocenters. The number of nitrogens with one attached hydrogen (secondary N) is 1. The zero-order valence-corrected chi connectivity index (χ0v) is 37.3. The second-order valence-electron chi connectivity index (χ2n) is 18.6. The summed E-state index contributed by atoms with van der Waals surface area (Å²) in [5, 5.41) is 14.5. The molecule has 4 aromatic rings. The van der Waals surface area contributed by atoms with Crippen LogP contribution in [0.25, 0.3) is 0 Å². The highest BCUT2D eigenvalue weighted by Crippen LogP contribution is 2.58. The Kier molecular flexibility index (Phi) is 13.4. The van der Waals surface area contributed by atoms with E-state index in [0.29, 0.717) is 65.4 Å². The van der Waals surface area contributed by atoms with Crippen LogP contribution in [0.5, 0.6) is 11.5 Å². The van der Waals surface area contributed by atoms with Gasteiger partial charge in [-0.05, 0) is 118 Å². The third kappa shape index (κ3) is 10.5. The SMILES string of the molecule is O=C(O)C(c1ccc(OCCC2(C3CCN(c4ncc(Cl)cn4)CC3)CC2)cc1F)C(C(=O)NCC1CC1)c1ccc(OCC[C@@H]2C[C@@H]2C2CCN(c3ncc(Cl)cn3)CC2)cc1F. The molecule has 1 amide bonds. The number of piperidine rings is 2. The first-order chi connectivity index (χ1) is 31.0. The standard InChI is InChI=1S/C48H55Cl2F2N7O5/c49-33-25-54-46(55-26-33)58-15-7-30(8-16-58)39-21-31(39)11-19-63-35-3-5-37(40(51)22-35)42(44(60)53-24-29-1-2-29)43(45(61)62)38-6-4-36(23-41(38)52)64-20-14-48(12-13-48)32-9-17-59(18-10-32)47-56-27-34(50)28-57-47/h3-6,22-23,25-32,39,42-43H,1-2,7-21,24H2,(H,53,60)(H,61,62)/t31-,39-,42?,43?/m1/s1. The van der Waals surface area contributed by atoms with Crippen LogP contribution in [0, 0.1) is 46.6 Å². The van der Waals surface area contributed by atoms with E-state index in [1.165, 1.54) is 30.3 Å². The first kappa shape index (κ1) is 44.4. The Morgan fingerprint density at radius 3 is 1.81 bits per heavy atom. The van der Waals surface area contributed by atoms with E-state index in [4.69, 9.17) is 32.7 Å². The van der Waals surface area contributed by atoms with Crippen LogP contribution in [0.2, 0.25) is 10.0 Å². The van der Waals surface area contributed by atoms with Crippen molar-refractivity contribution in [3.8, 4) is 11.5 Å². The van der Waals surface area contributed by atoms with Crippen molar-refractivity contribution in [2.45, 2.75) is 82.5 Å². The van der Waals surface area contributed by atoms with E-state index in [0.717, 1.165) is 96.8 Å². The number of hydrogen-bond donors (Lipinski definition) is 2. The summed E-state index contributed by atoms with van der Waals surface area (Å²) >= 11 is 11.9. The van der Waals surface area contributed by atoms with Gasteiger partial charge in [-0.3, -0.25) is 9.59 Å². The number of halogens is 4. The number of nitrogens with zero attached hydrogens (tertiary/aromatic N) is 6. The van der Waals surface area contributed by atoms with Crippen LogP contribution in [0.15, 0.2) is 61.2 Å². The van der Waals surface area contributed by atoms with E-state index in [9.17, 15) is 14.7 Å². The summed E-state index contributed by atoms with van der Waals surface area (Å²) < 4.78 is 44.3. The minimum atomic E-state index is -1.70. The van der Waals surface area contributed by atoms with Crippen molar-refractivity contribution in [1.82, 2.24) is 25.3 Å². The molecule has 340 valence electrons. The van der Waals surface area contributed by atoms with Crippen LogP contribution in [-0.2, 0) is 9.59 Å². The lowest BCUT2D eigenvalue weighted by atomic mass is 9.79. The molecule has 5 aliphatic rings. The molecule has 0 bridgehead atoms. The fourth-order valence-corrected chi connectivity index (χ4v) is 10.6. The Morgan fingerprint density at radius 2 is 1.30 bits per heavy atom. The van der Waals surface area contributed by atoms with E-state index in [1.807, 2.05) is 0 Å². The normalized spacial score (nSPS) is 21.8. The molecule has 16 heteroatoms. The highest BCUT2D eigenvalue weighted by Gasteiger charge is 2.49. The first-order valence-electron chi connectivity index (χ1n) is 22.8. The van der Waals surface area contributed by atoms with E-state index in [1.54, 1.807) is 30.9 Å². The number of aromatic nitrogens is 4. The molecule has 2 aromatic heterocycles. The lowest BCUT2D eigenvalue weighted by Crippen LogP contribution is -2.38. The van der Waals surface area contributed by atoms with Gasteiger partial charge in [0.1, 0.15) is 29.1 Å². The van der Waals surface area contributed by atoms with Gasteiger partial charge < -0.3 is 29.7 Å². The van der Waals surface area contributed by atoms with Gasteiger partial charge in [0.2, 0.25) is 17.8 Å². The average Bonchev–Trinajstić information content (AvgIpc) is 4.18. The summed E-state index contributed by atoms with van der Waals surface area (Å²) in [6.45, 7) is 4.66. The van der Waals surface area contributed by atoms with Crippen molar-refractivity contribution in [3.63, 3.8) is 0 Å². The maximum atomic E-state index is 16.1. The summed E-state index contributed by atoms with van der Waals surface area (Å²) in [5.74, 6) is -2.39. The molecule has 64 heavy (non-hydrogen) atoms. The Bertz CT molecular complexity index is 2270. The molecule has 3 aliphatic carbocycles. The van der Waals surface area contributed by atoms with Gasteiger partial charge in [0.25, 0.3) is 0 Å². The van der Waals surface area contributed by atoms with Crippen molar-refractivity contribution in [3.05, 3.63) is 94.0 Å². The lowest BCUT2D eigenvalue weighted by molar-refractivity contribution is -0.142. The van der Waals surface area contributed by atoms with Gasteiger partial charge in [0.15, 0.2) is 0 Å². The molecule has 2 saturated heterocycles. The van der Waals surface area contributed by atoms with Gasteiger partial charge in [-0.25, -0.2) is 28.7 Å². The Balaban J connectivity index is 0.796. The zero-order valence-electron chi connectivity index (χ0n) is 35.8. The molecule has 0 radical (unpaired) electrons. The van der Waals surface area contributed by atoms with Crippen LogP contribution >= 0.6 is 23.2 Å². The summed E-state index contributed by atoms with van der Waals surface area (Å²) in [6, 6.07) is 8.23. The molecule has 9 rings (SSSR count). The largest absolute Gasteiger partial charge is 0.493 e. The highest BCUT2D eigenvalue weighted by atomic mass is 35.5. The van der Waals surface area contributed by atoms with Crippen molar-refractivity contribution in [2.24, 2.45) is 35.0 Å².